The summed E-state index contributed by atoms with van der Waals surface area (Å²) < 4.78 is 0. The average Bonchev–Trinajstić information content (AvgIpc) is 2.75. The first-order chi connectivity index (χ1) is 14.8. The number of nitrogens with zero attached hydrogens (tertiary/aromatic N) is 3. The predicted molar refractivity (Wildman–Crippen MR) is 117 cm³/mol. The number of hydrogen-bond acceptors (Lipinski definition) is 6. The summed E-state index contributed by atoms with van der Waals surface area (Å²) in [6.45, 7) is 4.48. The summed E-state index contributed by atoms with van der Waals surface area (Å²) in [5.74, 6) is -0.129. The number of hydrogen-bond donors (Lipinski definition) is 2. The number of pyridine rings is 1. The van der Waals surface area contributed by atoms with Crippen LogP contribution in [0.3, 0.4) is 0 Å². The van der Waals surface area contributed by atoms with Gasteiger partial charge >= 0.3 is 5.69 Å². The molecule has 164 valence electrons. The van der Waals surface area contributed by atoms with E-state index in [4.69, 9.17) is 0 Å². The van der Waals surface area contributed by atoms with Gasteiger partial charge in [0, 0.05) is 44.7 Å². The molecule has 2 aromatic rings. The van der Waals surface area contributed by atoms with Gasteiger partial charge < -0.3 is 15.5 Å². The summed E-state index contributed by atoms with van der Waals surface area (Å²) in [7, 11) is 0. The fraction of sp³-hybridized carbons (Fsp3) is 0.409. The zero-order valence-corrected chi connectivity index (χ0v) is 17.7. The zero-order chi connectivity index (χ0) is 22.4. The van der Waals surface area contributed by atoms with Gasteiger partial charge in [-0.25, -0.2) is 4.98 Å². The van der Waals surface area contributed by atoms with E-state index in [0.717, 1.165) is 11.1 Å². The van der Waals surface area contributed by atoms with Crippen molar-refractivity contribution >= 4 is 23.3 Å². The summed E-state index contributed by atoms with van der Waals surface area (Å²) in [6, 6.07) is 10.1. The Morgan fingerprint density at radius 2 is 1.90 bits per heavy atom. The lowest BCUT2D eigenvalue weighted by Crippen LogP contribution is -2.52. The Bertz CT molecular complexity index is 939. The largest absolute Gasteiger partial charge is 0.351 e. The molecule has 1 atom stereocenters. The van der Waals surface area contributed by atoms with E-state index in [2.05, 4.69) is 15.6 Å². The number of amides is 2. The van der Waals surface area contributed by atoms with Gasteiger partial charge in [-0.3, -0.25) is 19.7 Å². The minimum Gasteiger partial charge on any atom is -0.351 e. The van der Waals surface area contributed by atoms with Gasteiger partial charge in [-0.05, 0) is 31.4 Å². The monoisotopic (exact) mass is 425 g/mol. The second-order valence-electron chi connectivity index (χ2n) is 7.82. The van der Waals surface area contributed by atoms with Gasteiger partial charge in [0.15, 0.2) is 0 Å². The topological polar surface area (TPSA) is 117 Å². The Balaban J connectivity index is 1.60. The number of nitro groups is 1. The molecule has 1 aliphatic heterocycles. The summed E-state index contributed by atoms with van der Waals surface area (Å²) in [5.41, 5.74) is 2.08. The minimum atomic E-state index is -0.657. The molecule has 1 saturated heterocycles. The molecule has 31 heavy (non-hydrogen) atoms. The van der Waals surface area contributed by atoms with E-state index in [9.17, 15) is 19.7 Å². The molecule has 9 heteroatoms. The number of nitrogens with one attached hydrogen (secondary N) is 2. The van der Waals surface area contributed by atoms with Gasteiger partial charge in [0.25, 0.3) is 0 Å². The number of rotatable bonds is 7. The highest BCUT2D eigenvalue weighted by Crippen LogP contribution is 2.27. The van der Waals surface area contributed by atoms with E-state index in [1.165, 1.54) is 13.0 Å². The predicted octanol–water partition coefficient (Wildman–Crippen LogP) is 2.13. The van der Waals surface area contributed by atoms with Gasteiger partial charge in [-0.2, -0.15) is 0 Å². The van der Waals surface area contributed by atoms with Crippen LogP contribution in [0.2, 0.25) is 0 Å². The van der Waals surface area contributed by atoms with Crippen LogP contribution < -0.4 is 15.5 Å². The van der Waals surface area contributed by atoms with E-state index in [0.29, 0.717) is 38.2 Å². The van der Waals surface area contributed by atoms with Crippen LogP contribution in [0.1, 0.15) is 30.9 Å². The third-order valence-corrected chi connectivity index (χ3v) is 5.36. The smallest absolute Gasteiger partial charge is 0.311 e. The third-order valence-electron chi connectivity index (χ3n) is 5.36. The molecule has 0 bridgehead atoms. The van der Waals surface area contributed by atoms with Crippen LogP contribution in [0, 0.1) is 17.0 Å². The molecule has 1 aromatic carbocycles. The maximum absolute atomic E-state index is 12.9. The number of anilines is 1. The Hall–Kier alpha value is -3.49. The molecular formula is C22H27N5O4. The fourth-order valence-corrected chi connectivity index (χ4v) is 3.73. The van der Waals surface area contributed by atoms with Crippen LogP contribution in [0.4, 0.5) is 11.5 Å². The van der Waals surface area contributed by atoms with Crippen molar-refractivity contribution in [1.29, 1.82) is 0 Å². The van der Waals surface area contributed by atoms with Crippen LogP contribution in [0.15, 0.2) is 42.6 Å². The maximum atomic E-state index is 12.9. The van der Waals surface area contributed by atoms with E-state index in [1.54, 1.807) is 12.3 Å². The van der Waals surface area contributed by atoms with Crippen molar-refractivity contribution in [3.05, 3.63) is 63.8 Å². The highest BCUT2D eigenvalue weighted by Gasteiger charge is 2.28. The second kappa shape index (κ2) is 10.0. The van der Waals surface area contributed by atoms with Crippen molar-refractivity contribution < 1.29 is 14.5 Å². The van der Waals surface area contributed by atoms with Crippen molar-refractivity contribution in [3.8, 4) is 0 Å². The van der Waals surface area contributed by atoms with Gasteiger partial charge in [0.1, 0.15) is 6.04 Å². The first-order valence-corrected chi connectivity index (χ1v) is 10.3. The third kappa shape index (κ3) is 6.00. The van der Waals surface area contributed by atoms with Crippen LogP contribution in [0.5, 0.6) is 0 Å². The van der Waals surface area contributed by atoms with Crippen molar-refractivity contribution in [2.75, 3.05) is 18.0 Å². The molecule has 2 amide bonds. The Labute approximate surface area is 181 Å². The Morgan fingerprint density at radius 3 is 2.52 bits per heavy atom. The number of aryl methyl sites for hydroxylation is 1. The van der Waals surface area contributed by atoms with Crippen molar-refractivity contribution in [1.82, 2.24) is 15.6 Å². The lowest BCUT2D eigenvalue weighted by Gasteiger charge is -2.33. The first kappa shape index (κ1) is 22.2. The standard InChI is InChI=1S/C22H27N5O4/c1-15-5-7-17(8-6-15)14-19(24-16(2)28)22(29)25-18-9-12-26(13-10-18)21-20(27(30)31)4-3-11-23-21/h3-8,11,18-19H,9-10,12-14H2,1-2H3,(H,24,28)(H,25,29)/t19-/m1/s1. The molecule has 3 rings (SSSR count). The maximum Gasteiger partial charge on any atom is 0.311 e. The molecule has 1 aromatic heterocycles. The highest BCUT2D eigenvalue weighted by molar-refractivity contribution is 5.87. The van der Waals surface area contributed by atoms with Crippen LogP contribution in [-0.4, -0.2) is 46.9 Å². The molecule has 2 heterocycles. The number of carbonyl (C=O) groups is 2. The van der Waals surface area contributed by atoms with Gasteiger partial charge in [-0.15, -0.1) is 0 Å². The fourth-order valence-electron chi connectivity index (χ4n) is 3.73. The number of aromatic nitrogens is 1. The summed E-state index contributed by atoms with van der Waals surface area (Å²) in [4.78, 5) is 41.4. The highest BCUT2D eigenvalue weighted by atomic mass is 16.6. The molecule has 0 unspecified atom stereocenters. The molecule has 2 N–H and O–H groups in total. The van der Waals surface area contributed by atoms with Crippen molar-refractivity contribution in [2.45, 2.75) is 45.2 Å². The molecule has 1 aliphatic rings. The van der Waals surface area contributed by atoms with Crippen LogP contribution in [0.25, 0.3) is 0 Å². The zero-order valence-electron chi connectivity index (χ0n) is 17.7. The Morgan fingerprint density at radius 1 is 1.23 bits per heavy atom. The molecule has 0 spiro atoms. The summed E-state index contributed by atoms with van der Waals surface area (Å²) >= 11 is 0. The first-order valence-electron chi connectivity index (χ1n) is 10.3. The van der Waals surface area contributed by atoms with Gasteiger partial charge in [0.05, 0.1) is 4.92 Å². The Kier molecular flexibility index (Phi) is 7.17. The van der Waals surface area contributed by atoms with Crippen molar-refractivity contribution in [3.63, 3.8) is 0 Å². The molecule has 0 saturated carbocycles. The molecular weight excluding hydrogens is 398 g/mol. The van der Waals surface area contributed by atoms with E-state index < -0.39 is 11.0 Å². The second-order valence-corrected chi connectivity index (χ2v) is 7.82. The molecule has 0 aliphatic carbocycles. The summed E-state index contributed by atoms with van der Waals surface area (Å²) in [6.07, 6.45) is 3.22. The normalized spacial score (nSPS) is 15.2. The molecule has 1 fully saturated rings. The SMILES string of the molecule is CC(=O)N[C@H](Cc1ccc(C)cc1)C(=O)NC1CCN(c2ncccc2[N+](=O)[O-])CC1. The van der Waals surface area contributed by atoms with Crippen molar-refractivity contribution in [2.24, 2.45) is 0 Å². The quantitative estimate of drug-likeness (QED) is 0.518. The number of benzene rings is 1. The summed E-state index contributed by atoms with van der Waals surface area (Å²) in [5, 5.41) is 17.0. The minimum absolute atomic E-state index is 0.0196. The van der Waals surface area contributed by atoms with Gasteiger partial charge in [-0.1, -0.05) is 29.8 Å². The van der Waals surface area contributed by atoms with Crippen LogP contribution in [-0.2, 0) is 16.0 Å². The van der Waals surface area contributed by atoms with E-state index in [1.807, 2.05) is 36.1 Å². The lowest BCUT2D eigenvalue weighted by molar-refractivity contribution is -0.384. The van der Waals surface area contributed by atoms with E-state index >= 15 is 0 Å². The lowest BCUT2D eigenvalue weighted by atomic mass is 10.0. The van der Waals surface area contributed by atoms with Gasteiger partial charge in [0.2, 0.25) is 17.6 Å². The van der Waals surface area contributed by atoms with E-state index in [-0.39, 0.29) is 23.5 Å². The number of carbonyl (C=O) groups excluding carboxylic acids is 2. The van der Waals surface area contributed by atoms with Crippen LogP contribution >= 0.6 is 0 Å². The molecule has 9 nitrogen and oxygen atoms in total. The average molecular weight is 425 g/mol. The molecule has 0 radical (unpaired) electrons. The number of piperidine rings is 1.